The second-order valence-electron chi connectivity index (χ2n) is 2.83. The van der Waals surface area contributed by atoms with Gasteiger partial charge in [-0.15, -0.1) is 0 Å². The predicted molar refractivity (Wildman–Crippen MR) is 54.4 cm³/mol. The van der Waals surface area contributed by atoms with E-state index in [4.69, 9.17) is 0 Å². The van der Waals surface area contributed by atoms with Crippen molar-refractivity contribution in [3.63, 3.8) is 0 Å². The lowest BCUT2D eigenvalue weighted by Crippen LogP contribution is -2.19. The van der Waals surface area contributed by atoms with E-state index in [0.29, 0.717) is 6.42 Å². The Morgan fingerprint density at radius 2 is 2.50 bits per heavy atom. The summed E-state index contributed by atoms with van der Waals surface area (Å²) in [5.41, 5.74) is 0. The minimum Gasteiger partial charge on any atom is -0.469 e. The van der Waals surface area contributed by atoms with E-state index in [0.717, 1.165) is 18.1 Å². The molecule has 0 fully saturated rings. The molecule has 0 atom stereocenters. The number of hydrogen-bond acceptors (Lipinski definition) is 6. The molecule has 0 saturated heterocycles. The van der Waals surface area contributed by atoms with Crippen LogP contribution in [-0.2, 0) is 9.53 Å². The molecule has 0 radical (unpaired) electrons. The van der Waals surface area contributed by atoms with Crippen LogP contribution in [0.25, 0.3) is 0 Å². The lowest BCUT2D eigenvalue weighted by Gasteiger charge is -2.13. The van der Waals surface area contributed by atoms with Gasteiger partial charge in [0.15, 0.2) is 0 Å². The highest BCUT2D eigenvalue weighted by Crippen LogP contribution is 2.12. The van der Waals surface area contributed by atoms with Crippen molar-refractivity contribution < 1.29 is 9.53 Å². The Labute approximate surface area is 86.9 Å². The van der Waals surface area contributed by atoms with Crippen molar-refractivity contribution in [2.75, 3.05) is 25.6 Å². The third-order valence-corrected chi connectivity index (χ3v) is 2.56. The van der Waals surface area contributed by atoms with Crippen LogP contribution in [0.15, 0.2) is 6.33 Å². The summed E-state index contributed by atoms with van der Waals surface area (Å²) in [6, 6.07) is 0. The Morgan fingerprint density at radius 1 is 1.71 bits per heavy atom. The average Bonchev–Trinajstić information content (AvgIpc) is 2.70. The summed E-state index contributed by atoms with van der Waals surface area (Å²) >= 11 is 1.34. The molecule has 1 aromatic rings. The molecule has 0 unspecified atom stereocenters. The van der Waals surface area contributed by atoms with Crippen LogP contribution in [-0.4, -0.2) is 36.0 Å². The zero-order valence-electron chi connectivity index (χ0n) is 8.27. The summed E-state index contributed by atoms with van der Waals surface area (Å²) in [7, 11) is 3.33. The van der Waals surface area contributed by atoms with Crippen LogP contribution in [0.2, 0.25) is 0 Å². The first kappa shape index (κ1) is 10.9. The number of hydrogen-bond donors (Lipinski definition) is 0. The molecule has 5 nitrogen and oxygen atoms in total. The quantitative estimate of drug-likeness (QED) is 0.684. The molecule has 0 spiro atoms. The molecule has 14 heavy (non-hydrogen) atoms. The molecular weight excluding hydrogens is 202 g/mol. The maximum Gasteiger partial charge on any atom is 0.305 e. The maximum absolute atomic E-state index is 10.8. The van der Waals surface area contributed by atoms with Crippen molar-refractivity contribution in [1.29, 1.82) is 0 Å². The Kier molecular flexibility index (Phi) is 4.31. The van der Waals surface area contributed by atoms with Gasteiger partial charge in [-0.25, -0.2) is 4.98 Å². The van der Waals surface area contributed by atoms with Crippen LogP contribution in [0.3, 0.4) is 0 Å². The summed E-state index contributed by atoms with van der Waals surface area (Å²) in [6.07, 6.45) is 2.74. The van der Waals surface area contributed by atoms with Crippen molar-refractivity contribution in [3.8, 4) is 0 Å². The number of methoxy groups -OCH3 is 1. The van der Waals surface area contributed by atoms with Crippen LogP contribution >= 0.6 is 11.5 Å². The minimum absolute atomic E-state index is 0.171. The van der Waals surface area contributed by atoms with Crippen molar-refractivity contribution in [2.24, 2.45) is 0 Å². The predicted octanol–water partition coefficient (Wildman–Crippen LogP) is 0.927. The van der Waals surface area contributed by atoms with Crippen LogP contribution in [0.4, 0.5) is 5.13 Å². The Balaban J connectivity index is 2.22. The summed E-state index contributed by atoms with van der Waals surface area (Å²) in [5.74, 6) is -0.171. The van der Waals surface area contributed by atoms with E-state index in [9.17, 15) is 4.79 Å². The molecule has 1 rings (SSSR count). The van der Waals surface area contributed by atoms with Crippen LogP contribution in [0.1, 0.15) is 12.8 Å². The molecule has 0 aromatic carbocycles. The van der Waals surface area contributed by atoms with E-state index in [-0.39, 0.29) is 5.97 Å². The van der Waals surface area contributed by atoms with Gasteiger partial charge < -0.3 is 9.64 Å². The molecule has 6 heteroatoms. The zero-order chi connectivity index (χ0) is 10.4. The SMILES string of the molecule is COC(=O)CCCN(C)c1ncns1. The van der Waals surface area contributed by atoms with Crippen LogP contribution in [0.5, 0.6) is 0 Å². The fourth-order valence-corrected chi connectivity index (χ4v) is 1.51. The number of carbonyl (C=O) groups excluding carboxylic acids is 1. The van der Waals surface area contributed by atoms with E-state index >= 15 is 0 Å². The van der Waals surface area contributed by atoms with Gasteiger partial charge in [-0.1, -0.05) is 0 Å². The normalized spacial score (nSPS) is 9.86. The van der Waals surface area contributed by atoms with Crippen molar-refractivity contribution in [1.82, 2.24) is 9.36 Å². The number of rotatable bonds is 5. The molecule has 0 N–H and O–H groups in total. The number of nitrogens with zero attached hydrogens (tertiary/aromatic N) is 3. The molecule has 0 aliphatic rings. The largest absolute Gasteiger partial charge is 0.469 e. The number of anilines is 1. The average molecular weight is 215 g/mol. The summed E-state index contributed by atoms with van der Waals surface area (Å²) in [4.78, 5) is 16.8. The fraction of sp³-hybridized carbons (Fsp3) is 0.625. The first-order valence-corrected chi connectivity index (χ1v) is 5.06. The monoisotopic (exact) mass is 215 g/mol. The van der Waals surface area contributed by atoms with E-state index in [1.165, 1.54) is 25.0 Å². The molecule has 1 aromatic heterocycles. The summed E-state index contributed by atoms with van der Waals surface area (Å²) in [6.45, 7) is 0.782. The molecule has 0 saturated carbocycles. The van der Waals surface area contributed by atoms with E-state index < -0.39 is 0 Å². The van der Waals surface area contributed by atoms with Gasteiger partial charge in [0.2, 0.25) is 5.13 Å². The molecular formula is C8H13N3O2S. The third kappa shape index (κ3) is 3.29. The Bertz CT molecular complexity index is 276. The number of esters is 1. The van der Waals surface area contributed by atoms with Crippen molar-refractivity contribution >= 4 is 22.6 Å². The second kappa shape index (κ2) is 5.54. The lowest BCUT2D eigenvalue weighted by molar-refractivity contribution is -0.140. The second-order valence-corrected chi connectivity index (χ2v) is 3.58. The van der Waals surface area contributed by atoms with Gasteiger partial charge >= 0.3 is 5.97 Å². The van der Waals surface area contributed by atoms with Crippen LogP contribution < -0.4 is 4.90 Å². The molecule has 0 bridgehead atoms. The molecule has 78 valence electrons. The summed E-state index contributed by atoms with van der Waals surface area (Å²) < 4.78 is 8.44. The molecule has 0 aliphatic heterocycles. The smallest absolute Gasteiger partial charge is 0.305 e. The van der Waals surface area contributed by atoms with E-state index in [1.807, 2.05) is 11.9 Å². The van der Waals surface area contributed by atoms with Crippen LogP contribution in [0, 0.1) is 0 Å². The highest BCUT2D eigenvalue weighted by Gasteiger charge is 2.05. The van der Waals surface area contributed by atoms with Crippen molar-refractivity contribution in [2.45, 2.75) is 12.8 Å². The fourth-order valence-electron chi connectivity index (χ4n) is 0.994. The number of carbonyl (C=O) groups is 1. The number of ether oxygens (including phenoxy) is 1. The van der Waals surface area contributed by atoms with E-state index in [1.54, 1.807) is 0 Å². The minimum atomic E-state index is -0.171. The van der Waals surface area contributed by atoms with Gasteiger partial charge in [0.05, 0.1) is 7.11 Å². The summed E-state index contributed by atoms with van der Waals surface area (Å²) in [5, 5.41) is 0.870. The highest BCUT2D eigenvalue weighted by atomic mass is 32.1. The van der Waals surface area contributed by atoms with Gasteiger partial charge in [0.25, 0.3) is 0 Å². The zero-order valence-corrected chi connectivity index (χ0v) is 9.08. The van der Waals surface area contributed by atoms with Crippen molar-refractivity contribution in [3.05, 3.63) is 6.33 Å². The van der Waals surface area contributed by atoms with E-state index in [2.05, 4.69) is 14.1 Å². The number of aromatic nitrogens is 2. The standard InChI is InChI=1S/C8H13N3O2S/c1-11(8-9-6-10-14-8)5-3-4-7(12)13-2/h6H,3-5H2,1-2H3. The van der Waals surface area contributed by atoms with Gasteiger partial charge in [-0.2, -0.15) is 4.37 Å². The highest BCUT2D eigenvalue weighted by molar-refractivity contribution is 7.09. The topological polar surface area (TPSA) is 55.3 Å². The van der Waals surface area contributed by atoms with Gasteiger partial charge in [-0.3, -0.25) is 4.79 Å². The first-order valence-electron chi connectivity index (χ1n) is 4.28. The maximum atomic E-state index is 10.8. The third-order valence-electron chi connectivity index (χ3n) is 1.78. The van der Waals surface area contributed by atoms with Gasteiger partial charge in [0, 0.05) is 31.5 Å². The molecule has 0 aliphatic carbocycles. The lowest BCUT2D eigenvalue weighted by atomic mass is 10.3. The molecule has 0 amide bonds. The van der Waals surface area contributed by atoms with Gasteiger partial charge in [0.1, 0.15) is 6.33 Å². The Morgan fingerprint density at radius 3 is 3.07 bits per heavy atom. The van der Waals surface area contributed by atoms with Gasteiger partial charge in [-0.05, 0) is 6.42 Å². The molecule has 1 heterocycles. The Hall–Kier alpha value is -1.17. The first-order chi connectivity index (χ1) is 6.74.